The van der Waals surface area contributed by atoms with Crippen LogP contribution in [0.1, 0.15) is 19.8 Å². The van der Waals surface area contributed by atoms with Crippen LogP contribution < -0.4 is 5.32 Å². The maximum absolute atomic E-state index is 11.5. The van der Waals surface area contributed by atoms with E-state index in [4.69, 9.17) is 5.11 Å². The summed E-state index contributed by atoms with van der Waals surface area (Å²) in [5.41, 5.74) is 0.859. The van der Waals surface area contributed by atoms with Crippen LogP contribution >= 0.6 is 11.8 Å². The fourth-order valence-corrected chi connectivity index (χ4v) is 2.06. The fraction of sp³-hybridized carbons (Fsp3) is 0.417. The van der Waals surface area contributed by atoms with E-state index in [1.54, 1.807) is 11.8 Å². The van der Waals surface area contributed by atoms with E-state index in [9.17, 15) is 4.79 Å². The first-order chi connectivity index (χ1) is 7.77. The molecule has 1 aromatic rings. The van der Waals surface area contributed by atoms with Crippen LogP contribution in [0.15, 0.2) is 29.2 Å². The van der Waals surface area contributed by atoms with Crippen molar-refractivity contribution >= 4 is 23.4 Å². The van der Waals surface area contributed by atoms with Crippen molar-refractivity contribution in [2.24, 2.45) is 0 Å². The Morgan fingerprint density at radius 2 is 2.19 bits per heavy atom. The van der Waals surface area contributed by atoms with E-state index >= 15 is 0 Å². The van der Waals surface area contributed by atoms with Crippen molar-refractivity contribution in [2.75, 3.05) is 17.7 Å². The van der Waals surface area contributed by atoms with E-state index in [-0.39, 0.29) is 12.5 Å². The maximum atomic E-state index is 11.5. The normalized spacial score (nSPS) is 10.1. The molecule has 1 aromatic carbocycles. The Morgan fingerprint density at radius 1 is 1.44 bits per heavy atom. The average Bonchev–Trinajstić information content (AvgIpc) is 2.29. The number of amides is 1. The van der Waals surface area contributed by atoms with Crippen LogP contribution in [0.5, 0.6) is 0 Å². The van der Waals surface area contributed by atoms with Gasteiger partial charge < -0.3 is 10.4 Å². The van der Waals surface area contributed by atoms with Crippen molar-refractivity contribution in [3.05, 3.63) is 24.3 Å². The second kappa shape index (κ2) is 7.30. The second-order valence-corrected chi connectivity index (χ2v) is 4.61. The molecule has 0 atom stereocenters. The zero-order valence-corrected chi connectivity index (χ0v) is 10.2. The first-order valence-electron chi connectivity index (χ1n) is 5.40. The summed E-state index contributed by atoms with van der Waals surface area (Å²) < 4.78 is 0. The van der Waals surface area contributed by atoms with E-state index in [1.807, 2.05) is 24.3 Å². The Labute approximate surface area is 100 Å². The molecule has 0 unspecified atom stereocenters. The molecule has 2 N–H and O–H groups in total. The van der Waals surface area contributed by atoms with Gasteiger partial charge in [-0.15, -0.1) is 11.8 Å². The Balaban J connectivity index is 2.61. The lowest BCUT2D eigenvalue weighted by Crippen LogP contribution is -2.12. The van der Waals surface area contributed by atoms with Crippen LogP contribution in [-0.4, -0.2) is 23.4 Å². The number of carbonyl (C=O) groups is 1. The molecule has 0 aliphatic rings. The van der Waals surface area contributed by atoms with Gasteiger partial charge in [0.05, 0.1) is 5.69 Å². The fourth-order valence-electron chi connectivity index (χ4n) is 1.30. The predicted molar refractivity (Wildman–Crippen MR) is 67.8 cm³/mol. The number of thioether (sulfide) groups is 1. The van der Waals surface area contributed by atoms with E-state index < -0.39 is 0 Å². The molecular weight excluding hydrogens is 222 g/mol. The molecular formula is C12H17NO2S. The summed E-state index contributed by atoms with van der Waals surface area (Å²) in [7, 11) is 0. The van der Waals surface area contributed by atoms with E-state index in [2.05, 4.69) is 12.2 Å². The molecule has 0 aliphatic carbocycles. The second-order valence-electron chi connectivity index (χ2n) is 3.30. The third-order valence-electron chi connectivity index (χ3n) is 2.02. The molecule has 0 radical (unpaired) electrons. The first kappa shape index (κ1) is 13.1. The van der Waals surface area contributed by atoms with Gasteiger partial charge in [-0.25, -0.2) is 0 Å². The minimum Gasteiger partial charge on any atom is -0.396 e. The number of carbonyl (C=O) groups excluding carboxylic acids is 1. The van der Waals surface area contributed by atoms with Gasteiger partial charge in [0, 0.05) is 17.9 Å². The number of hydrogen-bond donors (Lipinski definition) is 2. The molecule has 4 heteroatoms. The van der Waals surface area contributed by atoms with Crippen molar-refractivity contribution < 1.29 is 9.90 Å². The summed E-state index contributed by atoms with van der Waals surface area (Å²) in [6, 6.07) is 7.76. The number of aliphatic hydroxyl groups is 1. The van der Waals surface area contributed by atoms with Crippen molar-refractivity contribution in [2.45, 2.75) is 24.7 Å². The lowest BCUT2D eigenvalue weighted by atomic mass is 10.2. The smallest absolute Gasteiger partial charge is 0.224 e. The van der Waals surface area contributed by atoms with Crippen molar-refractivity contribution in [1.82, 2.24) is 0 Å². The quantitative estimate of drug-likeness (QED) is 0.750. The van der Waals surface area contributed by atoms with Gasteiger partial charge in [-0.1, -0.05) is 19.1 Å². The lowest BCUT2D eigenvalue weighted by molar-refractivity contribution is -0.116. The third-order valence-corrected chi connectivity index (χ3v) is 2.98. The Morgan fingerprint density at radius 3 is 2.88 bits per heavy atom. The highest BCUT2D eigenvalue weighted by Crippen LogP contribution is 2.26. The van der Waals surface area contributed by atoms with Crippen LogP contribution in [0.3, 0.4) is 0 Å². The van der Waals surface area contributed by atoms with Gasteiger partial charge in [0.1, 0.15) is 0 Å². The zero-order chi connectivity index (χ0) is 11.8. The number of para-hydroxylation sites is 1. The van der Waals surface area contributed by atoms with E-state index in [0.29, 0.717) is 12.8 Å². The summed E-state index contributed by atoms with van der Waals surface area (Å²) in [6.07, 6.45) is 0.872. The van der Waals surface area contributed by atoms with E-state index in [0.717, 1.165) is 16.3 Å². The van der Waals surface area contributed by atoms with Crippen LogP contribution in [0.4, 0.5) is 5.69 Å². The molecule has 1 rings (SSSR count). The minimum absolute atomic E-state index is 0.0433. The molecule has 0 heterocycles. The Kier molecular flexibility index (Phi) is 5.96. The van der Waals surface area contributed by atoms with Crippen LogP contribution in [-0.2, 0) is 4.79 Å². The maximum Gasteiger partial charge on any atom is 0.224 e. The van der Waals surface area contributed by atoms with Crippen LogP contribution in [0.25, 0.3) is 0 Å². The summed E-state index contributed by atoms with van der Waals surface area (Å²) in [5, 5.41) is 11.5. The number of benzene rings is 1. The number of nitrogens with one attached hydrogen (secondary N) is 1. The molecule has 0 aromatic heterocycles. The van der Waals surface area contributed by atoms with Gasteiger partial charge in [-0.2, -0.15) is 0 Å². The molecule has 0 saturated heterocycles. The summed E-state index contributed by atoms with van der Waals surface area (Å²) >= 11 is 1.70. The van der Waals surface area contributed by atoms with Crippen LogP contribution in [0, 0.1) is 0 Å². The highest BCUT2D eigenvalue weighted by molar-refractivity contribution is 7.99. The van der Waals surface area contributed by atoms with Gasteiger partial charge in [0.25, 0.3) is 0 Å². The number of aliphatic hydroxyl groups excluding tert-OH is 1. The minimum atomic E-state index is -0.0433. The van der Waals surface area contributed by atoms with Crippen molar-refractivity contribution in [3.63, 3.8) is 0 Å². The molecule has 0 saturated carbocycles. The van der Waals surface area contributed by atoms with Gasteiger partial charge in [0.2, 0.25) is 5.91 Å². The highest BCUT2D eigenvalue weighted by Gasteiger charge is 2.05. The molecule has 1 amide bonds. The zero-order valence-electron chi connectivity index (χ0n) is 9.40. The summed E-state index contributed by atoms with van der Waals surface area (Å²) in [4.78, 5) is 12.6. The third kappa shape index (κ3) is 4.24. The summed E-state index contributed by atoms with van der Waals surface area (Å²) in [6.45, 7) is 2.13. The van der Waals surface area contributed by atoms with Crippen molar-refractivity contribution in [3.8, 4) is 0 Å². The topological polar surface area (TPSA) is 49.3 Å². The number of rotatable bonds is 6. The van der Waals surface area contributed by atoms with Gasteiger partial charge in [-0.05, 0) is 24.3 Å². The Hall–Kier alpha value is -1.00. The van der Waals surface area contributed by atoms with Crippen molar-refractivity contribution in [1.29, 1.82) is 0 Å². The molecule has 0 aliphatic heterocycles. The standard InChI is InChI=1S/C12H17NO2S/c1-2-16-11-7-4-3-6-10(11)13-12(15)8-5-9-14/h3-4,6-7,14H,2,5,8-9H2,1H3,(H,13,15). The molecule has 3 nitrogen and oxygen atoms in total. The summed E-state index contributed by atoms with van der Waals surface area (Å²) in [5.74, 6) is 0.932. The van der Waals surface area contributed by atoms with Gasteiger partial charge >= 0.3 is 0 Å². The number of anilines is 1. The monoisotopic (exact) mass is 239 g/mol. The highest BCUT2D eigenvalue weighted by atomic mass is 32.2. The lowest BCUT2D eigenvalue weighted by Gasteiger charge is -2.09. The van der Waals surface area contributed by atoms with Gasteiger partial charge in [0.15, 0.2) is 0 Å². The molecule has 88 valence electrons. The van der Waals surface area contributed by atoms with Gasteiger partial charge in [-0.3, -0.25) is 4.79 Å². The molecule has 0 spiro atoms. The number of hydrogen-bond acceptors (Lipinski definition) is 3. The first-order valence-corrected chi connectivity index (χ1v) is 6.39. The Bertz CT molecular complexity index is 342. The average molecular weight is 239 g/mol. The SMILES string of the molecule is CCSc1ccccc1NC(=O)CCCO. The van der Waals surface area contributed by atoms with E-state index in [1.165, 1.54) is 0 Å². The molecule has 0 fully saturated rings. The predicted octanol–water partition coefficient (Wildman–Crippen LogP) is 2.51. The molecule has 0 bridgehead atoms. The largest absolute Gasteiger partial charge is 0.396 e. The molecule has 16 heavy (non-hydrogen) atoms. The van der Waals surface area contributed by atoms with Crippen LogP contribution in [0.2, 0.25) is 0 Å².